The van der Waals surface area contributed by atoms with Gasteiger partial charge in [0, 0.05) is 24.5 Å². The van der Waals surface area contributed by atoms with E-state index < -0.39 is 0 Å². The molecule has 128 valence electrons. The zero-order valence-electron chi connectivity index (χ0n) is 14.5. The van der Waals surface area contributed by atoms with E-state index in [0.717, 1.165) is 11.3 Å². The van der Waals surface area contributed by atoms with E-state index in [9.17, 15) is 4.79 Å². The minimum atomic E-state index is -0.0967. The van der Waals surface area contributed by atoms with Crippen molar-refractivity contribution in [3.63, 3.8) is 0 Å². The second kappa shape index (κ2) is 7.17. The molecule has 25 heavy (non-hydrogen) atoms. The predicted octanol–water partition coefficient (Wildman–Crippen LogP) is 4.10. The summed E-state index contributed by atoms with van der Waals surface area (Å²) in [6, 6.07) is 11.4. The van der Waals surface area contributed by atoms with E-state index >= 15 is 0 Å². The first-order valence-electron chi connectivity index (χ1n) is 8.10. The Morgan fingerprint density at radius 2 is 2.04 bits per heavy atom. The molecule has 3 aromatic rings. The summed E-state index contributed by atoms with van der Waals surface area (Å²) in [5.41, 5.74) is 3.17. The molecule has 0 bridgehead atoms. The van der Waals surface area contributed by atoms with Crippen LogP contribution in [-0.2, 0) is 0 Å². The molecule has 3 rings (SSSR count). The van der Waals surface area contributed by atoms with Crippen LogP contribution < -0.4 is 10.2 Å². The fourth-order valence-corrected chi connectivity index (χ4v) is 2.59. The summed E-state index contributed by atoms with van der Waals surface area (Å²) in [6.45, 7) is 6.35. The summed E-state index contributed by atoms with van der Waals surface area (Å²) in [7, 11) is 0. The molecule has 0 atom stereocenters. The fraction of sp³-hybridized carbons (Fsp3) is 0.211. The third kappa shape index (κ3) is 3.85. The molecule has 0 aliphatic heterocycles. The van der Waals surface area contributed by atoms with Crippen LogP contribution in [0.2, 0.25) is 0 Å². The van der Waals surface area contributed by atoms with Crippen molar-refractivity contribution in [2.24, 2.45) is 0 Å². The number of hydrogen-bond donors (Lipinski definition) is 1. The van der Waals surface area contributed by atoms with Crippen LogP contribution in [0, 0.1) is 13.8 Å². The van der Waals surface area contributed by atoms with E-state index in [1.807, 2.05) is 45.0 Å². The second-order valence-electron chi connectivity index (χ2n) is 5.80. The van der Waals surface area contributed by atoms with E-state index in [4.69, 9.17) is 4.52 Å². The van der Waals surface area contributed by atoms with Gasteiger partial charge in [0.15, 0.2) is 5.82 Å². The van der Waals surface area contributed by atoms with Crippen LogP contribution in [0.25, 0.3) is 0 Å². The monoisotopic (exact) mass is 336 g/mol. The van der Waals surface area contributed by atoms with Gasteiger partial charge in [0.05, 0.1) is 17.4 Å². The number of rotatable bonds is 5. The van der Waals surface area contributed by atoms with Crippen LogP contribution in [0.5, 0.6) is 0 Å². The lowest BCUT2D eigenvalue weighted by molar-refractivity contribution is 0.0988. The van der Waals surface area contributed by atoms with Gasteiger partial charge in [-0.3, -0.25) is 9.78 Å². The molecular weight excluding hydrogens is 316 g/mol. The highest BCUT2D eigenvalue weighted by Crippen LogP contribution is 2.21. The highest BCUT2D eigenvalue weighted by molar-refractivity contribution is 6.06. The first kappa shape index (κ1) is 16.7. The lowest BCUT2D eigenvalue weighted by atomic mass is 10.1. The van der Waals surface area contributed by atoms with Crippen LogP contribution in [-0.4, -0.2) is 22.6 Å². The Morgan fingerprint density at radius 3 is 2.72 bits per heavy atom. The zero-order valence-corrected chi connectivity index (χ0v) is 14.5. The number of aryl methyl sites for hydroxylation is 2. The standard InChI is InChI=1S/C19H20N4O2/c1-4-23(17-7-5-6-13(2)8-17)19(24)15-10-16(12-20-11-15)21-18-9-14(3)25-22-18/h5-12H,4H2,1-3H3,(H,21,22). The van der Waals surface area contributed by atoms with Gasteiger partial charge in [-0.05, 0) is 44.5 Å². The van der Waals surface area contributed by atoms with Crippen molar-refractivity contribution in [2.45, 2.75) is 20.8 Å². The lowest BCUT2D eigenvalue weighted by Gasteiger charge is -2.21. The summed E-state index contributed by atoms with van der Waals surface area (Å²) in [5, 5.41) is 6.97. The summed E-state index contributed by atoms with van der Waals surface area (Å²) in [6.07, 6.45) is 3.21. The van der Waals surface area contributed by atoms with E-state index in [-0.39, 0.29) is 5.91 Å². The largest absolute Gasteiger partial charge is 0.360 e. The molecule has 0 saturated carbocycles. The molecule has 1 amide bonds. The number of pyridine rings is 1. The van der Waals surface area contributed by atoms with Crippen LogP contribution >= 0.6 is 0 Å². The number of nitrogens with zero attached hydrogens (tertiary/aromatic N) is 3. The lowest BCUT2D eigenvalue weighted by Crippen LogP contribution is -2.30. The predicted molar refractivity (Wildman–Crippen MR) is 97.3 cm³/mol. The van der Waals surface area contributed by atoms with Crippen molar-refractivity contribution in [2.75, 3.05) is 16.8 Å². The zero-order chi connectivity index (χ0) is 17.8. The molecule has 0 saturated heterocycles. The maximum absolute atomic E-state index is 12.9. The maximum Gasteiger partial charge on any atom is 0.259 e. The molecular formula is C19H20N4O2. The van der Waals surface area contributed by atoms with Gasteiger partial charge in [0.1, 0.15) is 5.76 Å². The van der Waals surface area contributed by atoms with Crippen molar-refractivity contribution in [3.05, 3.63) is 65.7 Å². The Kier molecular flexibility index (Phi) is 4.79. The SMILES string of the molecule is CCN(C(=O)c1cncc(Nc2cc(C)on2)c1)c1cccc(C)c1. The molecule has 6 heteroatoms. The topological polar surface area (TPSA) is 71.3 Å². The van der Waals surface area contributed by atoms with Crippen molar-refractivity contribution in [1.29, 1.82) is 0 Å². The minimum Gasteiger partial charge on any atom is -0.360 e. The molecule has 2 aromatic heterocycles. The van der Waals surface area contributed by atoms with Gasteiger partial charge in [-0.25, -0.2) is 0 Å². The number of hydrogen-bond acceptors (Lipinski definition) is 5. The Morgan fingerprint density at radius 1 is 1.20 bits per heavy atom. The fourth-order valence-electron chi connectivity index (χ4n) is 2.59. The summed E-state index contributed by atoms with van der Waals surface area (Å²) < 4.78 is 5.03. The number of aromatic nitrogens is 2. The highest BCUT2D eigenvalue weighted by atomic mass is 16.5. The maximum atomic E-state index is 12.9. The normalized spacial score (nSPS) is 10.5. The molecule has 0 aliphatic rings. The Labute approximate surface area is 146 Å². The average molecular weight is 336 g/mol. The number of benzene rings is 1. The number of anilines is 3. The Balaban J connectivity index is 1.84. The van der Waals surface area contributed by atoms with Gasteiger partial charge in [0.25, 0.3) is 5.91 Å². The van der Waals surface area contributed by atoms with Gasteiger partial charge in [-0.2, -0.15) is 0 Å². The third-order valence-corrected chi connectivity index (χ3v) is 3.76. The molecule has 0 unspecified atom stereocenters. The van der Waals surface area contributed by atoms with Crippen molar-refractivity contribution in [1.82, 2.24) is 10.1 Å². The second-order valence-corrected chi connectivity index (χ2v) is 5.80. The molecule has 0 aliphatic carbocycles. The van der Waals surface area contributed by atoms with Crippen LogP contribution in [0.3, 0.4) is 0 Å². The molecule has 1 aromatic carbocycles. The number of carbonyl (C=O) groups is 1. The Bertz CT molecular complexity index is 888. The van der Waals surface area contributed by atoms with E-state index in [2.05, 4.69) is 15.5 Å². The minimum absolute atomic E-state index is 0.0967. The van der Waals surface area contributed by atoms with Crippen molar-refractivity contribution >= 4 is 23.1 Å². The molecule has 0 spiro atoms. The molecule has 6 nitrogen and oxygen atoms in total. The van der Waals surface area contributed by atoms with Crippen molar-refractivity contribution in [3.8, 4) is 0 Å². The number of carbonyl (C=O) groups excluding carboxylic acids is 1. The van der Waals surface area contributed by atoms with Crippen molar-refractivity contribution < 1.29 is 9.32 Å². The summed E-state index contributed by atoms with van der Waals surface area (Å²) in [4.78, 5) is 18.8. The number of amides is 1. The van der Waals surface area contributed by atoms with Gasteiger partial charge in [-0.15, -0.1) is 0 Å². The molecule has 1 N–H and O–H groups in total. The number of nitrogens with one attached hydrogen (secondary N) is 1. The van der Waals surface area contributed by atoms with Crippen LogP contribution in [0.15, 0.2) is 53.3 Å². The highest BCUT2D eigenvalue weighted by Gasteiger charge is 2.17. The molecule has 2 heterocycles. The summed E-state index contributed by atoms with van der Waals surface area (Å²) in [5.74, 6) is 1.19. The molecule has 0 radical (unpaired) electrons. The molecule has 0 fully saturated rings. The third-order valence-electron chi connectivity index (χ3n) is 3.76. The van der Waals surface area contributed by atoms with Gasteiger partial charge >= 0.3 is 0 Å². The smallest absolute Gasteiger partial charge is 0.259 e. The van der Waals surface area contributed by atoms with Crippen LogP contribution in [0.4, 0.5) is 17.2 Å². The van der Waals surface area contributed by atoms with E-state index in [1.165, 1.54) is 0 Å². The van der Waals surface area contributed by atoms with Crippen LogP contribution in [0.1, 0.15) is 28.6 Å². The van der Waals surface area contributed by atoms with Gasteiger partial charge in [-0.1, -0.05) is 17.3 Å². The summed E-state index contributed by atoms with van der Waals surface area (Å²) >= 11 is 0. The van der Waals surface area contributed by atoms with E-state index in [0.29, 0.717) is 29.4 Å². The first-order chi connectivity index (χ1) is 12.1. The Hall–Kier alpha value is -3.15. The van der Waals surface area contributed by atoms with Gasteiger partial charge in [0.2, 0.25) is 0 Å². The van der Waals surface area contributed by atoms with E-state index in [1.54, 1.807) is 29.4 Å². The van der Waals surface area contributed by atoms with Gasteiger partial charge < -0.3 is 14.7 Å². The first-order valence-corrected chi connectivity index (χ1v) is 8.10. The average Bonchev–Trinajstić information content (AvgIpc) is 3.00. The quantitative estimate of drug-likeness (QED) is 0.759.